The van der Waals surface area contributed by atoms with Gasteiger partial charge in [0, 0.05) is 21.7 Å². The van der Waals surface area contributed by atoms with E-state index in [4.69, 9.17) is 11.6 Å². The van der Waals surface area contributed by atoms with Gasteiger partial charge in [-0.1, -0.05) is 11.6 Å². The van der Waals surface area contributed by atoms with Gasteiger partial charge in [-0.3, -0.25) is 0 Å². The Hall–Kier alpha value is -1.07. The standard InChI is InChI=1S/C11H12BrClN4/c1-2-17-11(15-7-16-17)6-14-10-4-3-8(13)5-9(10)12/h3-5,7,14H,2,6H2,1H3. The summed E-state index contributed by atoms with van der Waals surface area (Å²) in [5, 5.41) is 8.11. The minimum atomic E-state index is 0.633. The highest BCUT2D eigenvalue weighted by atomic mass is 79.9. The Bertz CT molecular complexity index is 512. The monoisotopic (exact) mass is 314 g/mol. The van der Waals surface area contributed by atoms with Crippen molar-refractivity contribution in [2.24, 2.45) is 0 Å². The lowest BCUT2D eigenvalue weighted by Gasteiger charge is -2.08. The summed E-state index contributed by atoms with van der Waals surface area (Å²) in [7, 11) is 0. The highest BCUT2D eigenvalue weighted by molar-refractivity contribution is 9.10. The van der Waals surface area contributed by atoms with Crippen molar-refractivity contribution in [1.29, 1.82) is 0 Å². The Labute approximate surface area is 113 Å². The number of benzene rings is 1. The van der Waals surface area contributed by atoms with Crippen LogP contribution in [0.5, 0.6) is 0 Å². The van der Waals surface area contributed by atoms with Crippen molar-refractivity contribution in [3.05, 3.63) is 39.8 Å². The van der Waals surface area contributed by atoms with Crippen molar-refractivity contribution in [3.63, 3.8) is 0 Å². The van der Waals surface area contributed by atoms with E-state index in [0.717, 1.165) is 22.5 Å². The highest BCUT2D eigenvalue weighted by Gasteiger charge is 2.04. The Balaban J connectivity index is 2.07. The molecule has 2 rings (SSSR count). The molecular weight excluding hydrogens is 304 g/mol. The smallest absolute Gasteiger partial charge is 0.146 e. The quantitative estimate of drug-likeness (QED) is 0.941. The first-order valence-electron chi connectivity index (χ1n) is 5.26. The molecule has 0 fully saturated rings. The molecule has 0 unspecified atom stereocenters. The molecule has 0 aliphatic rings. The maximum Gasteiger partial charge on any atom is 0.146 e. The van der Waals surface area contributed by atoms with Crippen molar-refractivity contribution in [3.8, 4) is 0 Å². The van der Waals surface area contributed by atoms with E-state index in [0.29, 0.717) is 11.6 Å². The molecule has 0 aliphatic heterocycles. The van der Waals surface area contributed by atoms with Crippen molar-refractivity contribution < 1.29 is 0 Å². The van der Waals surface area contributed by atoms with Gasteiger partial charge in [-0.2, -0.15) is 5.10 Å². The van der Waals surface area contributed by atoms with E-state index < -0.39 is 0 Å². The van der Waals surface area contributed by atoms with Gasteiger partial charge >= 0.3 is 0 Å². The van der Waals surface area contributed by atoms with Crippen LogP contribution in [0.4, 0.5) is 5.69 Å². The second-order valence-electron chi connectivity index (χ2n) is 3.47. The first-order valence-corrected chi connectivity index (χ1v) is 6.43. The normalized spacial score (nSPS) is 10.5. The summed E-state index contributed by atoms with van der Waals surface area (Å²) in [6, 6.07) is 5.63. The molecule has 17 heavy (non-hydrogen) atoms. The van der Waals surface area contributed by atoms with Crippen molar-refractivity contribution in [1.82, 2.24) is 14.8 Å². The average Bonchev–Trinajstić information content (AvgIpc) is 2.75. The molecule has 1 heterocycles. The molecule has 0 saturated heterocycles. The largest absolute Gasteiger partial charge is 0.377 e. The fraction of sp³-hybridized carbons (Fsp3) is 0.273. The van der Waals surface area contributed by atoms with Gasteiger partial charge in [0.1, 0.15) is 12.2 Å². The van der Waals surface area contributed by atoms with Crippen LogP contribution in [0, 0.1) is 0 Å². The van der Waals surface area contributed by atoms with Crippen LogP contribution in [0.15, 0.2) is 29.0 Å². The molecule has 0 aliphatic carbocycles. The number of nitrogens with zero attached hydrogens (tertiary/aromatic N) is 3. The number of rotatable bonds is 4. The van der Waals surface area contributed by atoms with E-state index in [9.17, 15) is 0 Å². The Morgan fingerprint density at radius 2 is 2.29 bits per heavy atom. The zero-order valence-electron chi connectivity index (χ0n) is 9.32. The van der Waals surface area contributed by atoms with Crippen LogP contribution < -0.4 is 5.32 Å². The van der Waals surface area contributed by atoms with Crippen LogP contribution in [0.1, 0.15) is 12.7 Å². The third-order valence-corrected chi connectivity index (χ3v) is 3.25. The van der Waals surface area contributed by atoms with Crippen LogP contribution in [-0.4, -0.2) is 14.8 Å². The summed E-state index contributed by atoms with van der Waals surface area (Å²) in [6.45, 7) is 3.49. The lowest BCUT2D eigenvalue weighted by Crippen LogP contribution is -2.09. The molecule has 0 bridgehead atoms. The number of nitrogens with one attached hydrogen (secondary N) is 1. The summed E-state index contributed by atoms with van der Waals surface area (Å²) in [5.74, 6) is 0.911. The van der Waals surface area contributed by atoms with E-state index in [1.807, 2.05) is 29.8 Å². The molecule has 1 aromatic carbocycles. The summed E-state index contributed by atoms with van der Waals surface area (Å²) < 4.78 is 2.80. The molecule has 90 valence electrons. The van der Waals surface area contributed by atoms with Crippen molar-refractivity contribution >= 4 is 33.2 Å². The fourth-order valence-electron chi connectivity index (χ4n) is 1.50. The second kappa shape index (κ2) is 5.51. The van der Waals surface area contributed by atoms with Gasteiger partial charge in [-0.15, -0.1) is 0 Å². The third-order valence-electron chi connectivity index (χ3n) is 2.36. The minimum absolute atomic E-state index is 0.633. The molecule has 6 heteroatoms. The Morgan fingerprint density at radius 3 is 3.00 bits per heavy atom. The molecular formula is C11H12BrClN4. The first kappa shape index (κ1) is 12.4. The zero-order chi connectivity index (χ0) is 12.3. The van der Waals surface area contributed by atoms with Crippen LogP contribution in [0.2, 0.25) is 5.02 Å². The Morgan fingerprint density at radius 1 is 1.47 bits per heavy atom. The van der Waals surface area contributed by atoms with Crippen LogP contribution in [-0.2, 0) is 13.1 Å². The number of aryl methyl sites for hydroxylation is 1. The van der Waals surface area contributed by atoms with Crippen LogP contribution in [0.25, 0.3) is 0 Å². The average molecular weight is 316 g/mol. The number of anilines is 1. The molecule has 0 radical (unpaired) electrons. The van der Waals surface area contributed by atoms with E-state index in [1.165, 1.54) is 0 Å². The van der Waals surface area contributed by atoms with Gasteiger partial charge in [0.2, 0.25) is 0 Å². The van der Waals surface area contributed by atoms with E-state index in [1.54, 1.807) is 6.33 Å². The van der Waals surface area contributed by atoms with E-state index in [-0.39, 0.29) is 0 Å². The van der Waals surface area contributed by atoms with Gasteiger partial charge in [0.15, 0.2) is 0 Å². The highest BCUT2D eigenvalue weighted by Crippen LogP contribution is 2.26. The molecule has 1 aromatic heterocycles. The summed E-state index contributed by atoms with van der Waals surface area (Å²) in [4.78, 5) is 4.20. The van der Waals surface area contributed by atoms with Crippen molar-refractivity contribution in [2.45, 2.75) is 20.0 Å². The topological polar surface area (TPSA) is 42.7 Å². The molecule has 0 atom stereocenters. The van der Waals surface area contributed by atoms with Crippen molar-refractivity contribution in [2.75, 3.05) is 5.32 Å². The van der Waals surface area contributed by atoms with Gasteiger partial charge in [-0.05, 0) is 41.1 Å². The number of halogens is 2. The number of hydrogen-bond donors (Lipinski definition) is 1. The first-order chi connectivity index (χ1) is 8.20. The maximum absolute atomic E-state index is 5.88. The van der Waals surface area contributed by atoms with Gasteiger partial charge in [0.25, 0.3) is 0 Å². The molecule has 0 saturated carbocycles. The van der Waals surface area contributed by atoms with E-state index >= 15 is 0 Å². The Kier molecular flexibility index (Phi) is 4.02. The minimum Gasteiger partial charge on any atom is -0.377 e. The van der Waals surface area contributed by atoms with Gasteiger partial charge in [-0.25, -0.2) is 9.67 Å². The third kappa shape index (κ3) is 2.98. The molecule has 2 aromatic rings. The SMILES string of the molecule is CCn1ncnc1CNc1ccc(Cl)cc1Br. The lowest BCUT2D eigenvalue weighted by molar-refractivity contribution is 0.622. The van der Waals surface area contributed by atoms with Crippen LogP contribution in [0.3, 0.4) is 0 Å². The van der Waals surface area contributed by atoms with Gasteiger partial charge < -0.3 is 5.32 Å². The van der Waals surface area contributed by atoms with Crippen LogP contribution >= 0.6 is 27.5 Å². The summed E-state index contributed by atoms with van der Waals surface area (Å²) in [5.41, 5.74) is 0.986. The van der Waals surface area contributed by atoms with E-state index in [2.05, 4.69) is 31.3 Å². The maximum atomic E-state index is 5.88. The van der Waals surface area contributed by atoms with Gasteiger partial charge in [0.05, 0.1) is 6.54 Å². The number of hydrogen-bond acceptors (Lipinski definition) is 3. The fourth-order valence-corrected chi connectivity index (χ4v) is 2.32. The molecule has 4 nitrogen and oxygen atoms in total. The predicted molar refractivity (Wildman–Crippen MR) is 72.2 cm³/mol. The molecule has 1 N–H and O–H groups in total. The predicted octanol–water partition coefficient (Wildman–Crippen LogP) is 3.33. The number of aromatic nitrogens is 3. The second-order valence-corrected chi connectivity index (χ2v) is 4.76. The zero-order valence-corrected chi connectivity index (χ0v) is 11.7. The molecule has 0 spiro atoms. The molecule has 0 amide bonds. The summed E-state index contributed by atoms with van der Waals surface area (Å²) in [6.07, 6.45) is 1.57. The lowest BCUT2D eigenvalue weighted by atomic mass is 10.3. The summed E-state index contributed by atoms with van der Waals surface area (Å²) >= 11 is 9.34.